The Hall–Kier alpha value is -1.71. The molecular formula is C9H14N6O2S. The summed E-state index contributed by atoms with van der Waals surface area (Å²) in [5.74, 6) is 0.281. The van der Waals surface area contributed by atoms with E-state index in [-0.39, 0.29) is 23.7 Å². The zero-order valence-corrected chi connectivity index (χ0v) is 10.6. The van der Waals surface area contributed by atoms with Crippen LogP contribution in [0.2, 0.25) is 0 Å². The van der Waals surface area contributed by atoms with Crippen molar-refractivity contribution in [2.75, 3.05) is 17.0 Å². The van der Waals surface area contributed by atoms with Gasteiger partial charge in [-0.1, -0.05) is 0 Å². The zero-order chi connectivity index (χ0) is 13.3. The highest BCUT2D eigenvalue weighted by molar-refractivity contribution is 7.89. The van der Waals surface area contributed by atoms with Gasteiger partial charge in [0.15, 0.2) is 9.84 Å². The second kappa shape index (κ2) is 4.52. The second-order valence-electron chi connectivity index (χ2n) is 4.02. The van der Waals surface area contributed by atoms with Crippen molar-refractivity contribution in [2.24, 2.45) is 5.73 Å². The normalized spacial score (nSPS) is 19.4. The maximum absolute atomic E-state index is 11.2. The summed E-state index contributed by atoms with van der Waals surface area (Å²) in [4.78, 5) is 8.13. The SMILES string of the molecule is CS(=O)(=O)Cc1cc(N)nc(N2C=CC(N)N2)n1. The van der Waals surface area contributed by atoms with Crippen molar-refractivity contribution >= 4 is 21.6 Å². The molecule has 2 rings (SSSR count). The third-order valence-electron chi connectivity index (χ3n) is 2.14. The molecule has 2 heterocycles. The van der Waals surface area contributed by atoms with E-state index in [1.165, 1.54) is 11.1 Å². The molecule has 1 atom stereocenters. The topological polar surface area (TPSA) is 127 Å². The molecule has 0 aromatic carbocycles. The molecule has 0 aliphatic carbocycles. The molecule has 1 aromatic heterocycles. The minimum Gasteiger partial charge on any atom is -0.384 e. The predicted octanol–water partition coefficient (Wildman–Crippen LogP) is -1.27. The van der Waals surface area contributed by atoms with E-state index >= 15 is 0 Å². The van der Waals surface area contributed by atoms with Crippen LogP contribution >= 0.6 is 0 Å². The highest BCUT2D eigenvalue weighted by Crippen LogP contribution is 2.14. The number of hydrazine groups is 1. The van der Waals surface area contributed by atoms with E-state index in [9.17, 15) is 8.42 Å². The first-order valence-electron chi connectivity index (χ1n) is 5.14. The molecule has 98 valence electrons. The summed E-state index contributed by atoms with van der Waals surface area (Å²) in [6, 6.07) is 1.43. The Morgan fingerprint density at radius 1 is 1.50 bits per heavy atom. The van der Waals surface area contributed by atoms with Crippen LogP contribution in [-0.4, -0.2) is 30.8 Å². The Morgan fingerprint density at radius 2 is 2.22 bits per heavy atom. The maximum Gasteiger partial charge on any atom is 0.246 e. The molecule has 5 N–H and O–H groups in total. The van der Waals surface area contributed by atoms with Crippen molar-refractivity contribution in [2.45, 2.75) is 11.9 Å². The third-order valence-corrected chi connectivity index (χ3v) is 2.96. The minimum absolute atomic E-state index is 0.184. The van der Waals surface area contributed by atoms with Crippen molar-refractivity contribution < 1.29 is 8.42 Å². The summed E-state index contributed by atoms with van der Waals surface area (Å²) in [5.41, 5.74) is 14.4. The van der Waals surface area contributed by atoms with Gasteiger partial charge in [-0.25, -0.2) is 23.8 Å². The average molecular weight is 270 g/mol. The van der Waals surface area contributed by atoms with Crippen molar-refractivity contribution in [1.29, 1.82) is 0 Å². The molecule has 1 aliphatic heterocycles. The fraction of sp³-hybridized carbons (Fsp3) is 0.333. The highest BCUT2D eigenvalue weighted by atomic mass is 32.2. The van der Waals surface area contributed by atoms with E-state index in [1.807, 2.05) is 0 Å². The molecular weight excluding hydrogens is 256 g/mol. The number of sulfone groups is 1. The van der Waals surface area contributed by atoms with Gasteiger partial charge in [-0.15, -0.1) is 0 Å². The molecule has 8 nitrogen and oxygen atoms in total. The Bertz CT molecular complexity index is 585. The van der Waals surface area contributed by atoms with Gasteiger partial charge in [0, 0.05) is 18.5 Å². The fourth-order valence-corrected chi connectivity index (χ4v) is 2.19. The average Bonchev–Trinajstić information content (AvgIpc) is 2.61. The highest BCUT2D eigenvalue weighted by Gasteiger charge is 2.17. The van der Waals surface area contributed by atoms with Gasteiger partial charge < -0.3 is 11.5 Å². The van der Waals surface area contributed by atoms with E-state index in [0.29, 0.717) is 5.69 Å². The van der Waals surface area contributed by atoms with E-state index in [1.54, 1.807) is 12.3 Å². The number of nitrogens with two attached hydrogens (primary N) is 2. The summed E-state index contributed by atoms with van der Waals surface area (Å²) in [6.07, 6.45) is 4.18. The molecule has 1 aliphatic rings. The number of anilines is 2. The number of rotatable bonds is 3. The van der Waals surface area contributed by atoms with E-state index in [2.05, 4.69) is 15.4 Å². The number of hydrogen-bond donors (Lipinski definition) is 3. The third kappa shape index (κ3) is 3.15. The number of nitrogens with one attached hydrogen (secondary N) is 1. The van der Waals surface area contributed by atoms with Crippen LogP contribution in [0.15, 0.2) is 18.3 Å². The molecule has 1 unspecified atom stereocenters. The largest absolute Gasteiger partial charge is 0.384 e. The van der Waals surface area contributed by atoms with Crippen molar-refractivity contribution in [3.63, 3.8) is 0 Å². The Balaban J connectivity index is 2.30. The van der Waals surface area contributed by atoms with E-state index in [4.69, 9.17) is 11.5 Å². The molecule has 0 saturated heterocycles. The van der Waals surface area contributed by atoms with Crippen LogP contribution in [0.4, 0.5) is 11.8 Å². The monoisotopic (exact) mass is 270 g/mol. The molecule has 18 heavy (non-hydrogen) atoms. The van der Waals surface area contributed by atoms with Gasteiger partial charge in [-0.05, 0) is 6.08 Å². The van der Waals surface area contributed by atoms with Crippen LogP contribution in [0.3, 0.4) is 0 Å². The predicted molar refractivity (Wildman–Crippen MR) is 67.7 cm³/mol. The number of hydrogen-bond acceptors (Lipinski definition) is 8. The Morgan fingerprint density at radius 3 is 2.78 bits per heavy atom. The van der Waals surface area contributed by atoms with Crippen LogP contribution in [0.5, 0.6) is 0 Å². The smallest absolute Gasteiger partial charge is 0.246 e. The van der Waals surface area contributed by atoms with Crippen LogP contribution in [-0.2, 0) is 15.6 Å². The van der Waals surface area contributed by atoms with Crippen molar-refractivity contribution in [3.05, 3.63) is 24.0 Å². The summed E-state index contributed by atoms with van der Waals surface area (Å²) in [6.45, 7) is 0. The van der Waals surface area contributed by atoms with Crippen molar-refractivity contribution in [3.8, 4) is 0 Å². The summed E-state index contributed by atoms with van der Waals surface area (Å²) >= 11 is 0. The Kier molecular flexibility index (Phi) is 3.20. The molecule has 0 amide bonds. The van der Waals surface area contributed by atoms with Gasteiger partial charge >= 0.3 is 0 Å². The summed E-state index contributed by atoms with van der Waals surface area (Å²) in [5, 5.41) is 1.49. The second-order valence-corrected chi connectivity index (χ2v) is 6.16. The van der Waals surface area contributed by atoms with Crippen LogP contribution in [0.25, 0.3) is 0 Å². The van der Waals surface area contributed by atoms with E-state index < -0.39 is 9.84 Å². The zero-order valence-electron chi connectivity index (χ0n) is 9.74. The lowest BCUT2D eigenvalue weighted by Crippen LogP contribution is -2.41. The van der Waals surface area contributed by atoms with Crippen molar-refractivity contribution in [1.82, 2.24) is 15.4 Å². The van der Waals surface area contributed by atoms with Gasteiger partial charge in [-0.2, -0.15) is 4.98 Å². The lowest BCUT2D eigenvalue weighted by molar-refractivity contribution is 0.600. The first-order valence-corrected chi connectivity index (χ1v) is 7.20. The number of aromatic nitrogens is 2. The molecule has 0 radical (unpaired) electrons. The fourth-order valence-electron chi connectivity index (χ4n) is 1.50. The molecule has 0 fully saturated rings. The van der Waals surface area contributed by atoms with Gasteiger partial charge in [0.2, 0.25) is 5.95 Å². The van der Waals surface area contributed by atoms with Crippen LogP contribution in [0.1, 0.15) is 5.69 Å². The summed E-state index contributed by atoms with van der Waals surface area (Å²) < 4.78 is 22.5. The number of nitrogens with zero attached hydrogens (tertiary/aromatic N) is 3. The molecule has 0 spiro atoms. The maximum atomic E-state index is 11.2. The molecule has 0 bridgehead atoms. The Labute approximate surface area is 105 Å². The van der Waals surface area contributed by atoms with Gasteiger partial charge in [0.05, 0.1) is 17.6 Å². The van der Waals surface area contributed by atoms with Gasteiger partial charge in [0.25, 0.3) is 0 Å². The van der Waals surface area contributed by atoms with Crippen LogP contribution < -0.4 is 21.9 Å². The first-order chi connectivity index (χ1) is 8.33. The van der Waals surface area contributed by atoms with Gasteiger partial charge in [0.1, 0.15) is 5.82 Å². The van der Waals surface area contributed by atoms with E-state index in [0.717, 1.165) is 6.26 Å². The lowest BCUT2D eigenvalue weighted by Gasteiger charge is -2.16. The molecule has 9 heteroatoms. The number of nitrogen functional groups attached to an aromatic ring is 1. The minimum atomic E-state index is -3.17. The molecule has 1 aromatic rings. The first kappa shape index (κ1) is 12.7. The van der Waals surface area contributed by atoms with Gasteiger partial charge in [-0.3, -0.25) is 0 Å². The quantitative estimate of drug-likeness (QED) is 0.620. The summed E-state index contributed by atoms with van der Waals surface area (Å²) in [7, 11) is -3.17. The molecule has 0 saturated carbocycles. The van der Waals surface area contributed by atoms with Crippen LogP contribution in [0, 0.1) is 0 Å². The standard InChI is InChI=1S/C9H14N6O2S/c1-18(16,17)5-6-4-8(11)13-9(12-6)15-3-2-7(10)14-15/h2-4,7,14H,5,10H2,1H3,(H2,11,12,13). The lowest BCUT2D eigenvalue weighted by atomic mass is 10.4.